The molecule has 0 radical (unpaired) electrons. The summed E-state index contributed by atoms with van der Waals surface area (Å²) in [5.41, 5.74) is 0.777. The van der Waals surface area contributed by atoms with Crippen LogP contribution in [0.5, 0.6) is 0 Å². The lowest BCUT2D eigenvalue weighted by Gasteiger charge is -2.20. The predicted molar refractivity (Wildman–Crippen MR) is 110 cm³/mol. The van der Waals surface area contributed by atoms with Gasteiger partial charge in [-0.15, -0.1) is 0 Å². The first-order valence-corrected chi connectivity index (χ1v) is 11.3. The van der Waals surface area contributed by atoms with Gasteiger partial charge < -0.3 is 10.2 Å². The van der Waals surface area contributed by atoms with E-state index in [1.165, 1.54) is 6.08 Å². The van der Waals surface area contributed by atoms with Gasteiger partial charge in [0.25, 0.3) is 0 Å². The van der Waals surface area contributed by atoms with Crippen molar-refractivity contribution < 1.29 is 18.0 Å². The SMILES string of the molecule is O=C(CCNS(=O)(=O)/C=C/c1ccccc1)NCCC(=O)N1CCCCCC1. The first kappa shape index (κ1) is 22.1. The first-order valence-electron chi connectivity index (χ1n) is 9.73. The van der Waals surface area contributed by atoms with E-state index in [4.69, 9.17) is 0 Å². The van der Waals surface area contributed by atoms with Crippen molar-refractivity contribution in [1.29, 1.82) is 0 Å². The Morgan fingerprint density at radius 2 is 1.64 bits per heavy atom. The smallest absolute Gasteiger partial charge is 0.233 e. The monoisotopic (exact) mass is 407 g/mol. The summed E-state index contributed by atoms with van der Waals surface area (Å²) in [6, 6.07) is 9.09. The van der Waals surface area contributed by atoms with Gasteiger partial charge in [0.1, 0.15) is 0 Å². The quantitative estimate of drug-likeness (QED) is 0.653. The van der Waals surface area contributed by atoms with E-state index in [0.717, 1.165) is 49.7 Å². The summed E-state index contributed by atoms with van der Waals surface area (Å²) in [5.74, 6) is -0.215. The molecule has 0 aliphatic carbocycles. The molecule has 0 spiro atoms. The predicted octanol–water partition coefficient (Wildman–Crippen LogP) is 1.88. The van der Waals surface area contributed by atoms with Crippen molar-refractivity contribution in [3.8, 4) is 0 Å². The average molecular weight is 408 g/mol. The van der Waals surface area contributed by atoms with Crippen LogP contribution < -0.4 is 10.0 Å². The minimum atomic E-state index is -3.60. The number of sulfonamides is 1. The fraction of sp³-hybridized carbons (Fsp3) is 0.500. The van der Waals surface area contributed by atoms with Crippen molar-refractivity contribution >= 4 is 27.9 Å². The van der Waals surface area contributed by atoms with Gasteiger partial charge >= 0.3 is 0 Å². The maximum Gasteiger partial charge on any atom is 0.233 e. The molecule has 1 aromatic carbocycles. The van der Waals surface area contributed by atoms with Crippen molar-refractivity contribution in [2.45, 2.75) is 38.5 Å². The molecule has 28 heavy (non-hydrogen) atoms. The van der Waals surface area contributed by atoms with Gasteiger partial charge in [0.2, 0.25) is 21.8 Å². The highest BCUT2D eigenvalue weighted by Gasteiger charge is 2.15. The molecule has 0 aromatic heterocycles. The minimum Gasteiger partial charge on any atom is -0.356 e. The number of carbonyl (C=O) groups excluding carboxylic acids is 2. The van der Waals surface area contributed by atoms with Crippen LogP contribution in [-0.2, 0) is 19.6 Å². The molecular weight excluding hydrogens is 378 g/mol. The van der Waals surface area contributed by atoms with Crippen LogP contribution in [0.4, 0.5) is 0 Å². The summed E-state index contributed by atoms with van der Waals surface area (Å²) in [6.07, 6.45) is 6.20. The number of nitrogens with one attached hydrogen (secondary N) is 2. The largest absolute Gasteiger partial charge is 0.356 e. The van der Waals surface area contributed by atoms with Crippen LogP contribution in [0.25, 0.3) is 6.08 Å². The summed E-state index contributed by atoms with van der Waals surface area (Å²) >= 11 is 0. The highest BCUT2D eigenvalue weighted by Crippen LogP contribution is 2.10. The maximum atomic E-state index is 12.1. The van der Waals surface area contributed by atoms with Crippen LogP contribution in [0.15, 0.2) is 35.7 Å². The Morgan fingerprint density at radius 1 is 0.964 bits per heavy atom. The van der Waals surface area contributed by atoms with Crippen LogP contribution in [0.2, 0.25) is 0 Å². The van der Waals surface area contributed by atoms with Gasteiger partial charge in [0.05, 0.1) is 0 Å². The van der Waals surface area contributed by atoms with E-state index in [-0.39, 0.29) is 37.7 Å². The van der Waals surface area contributed by atoms with Crippen LogP contribution >= 0.6 is 0 Å². The zero-order valence-corrected chi connectivity index (χ0v) is 16.9. The van der Waals surface area contributed by atoms with Crippen molar-refractivity contribution in [2.75, 3.05) is 26.2 Å². The second kappa shape index (κ2) is 11.6. The first-order chi connectivity index (χ1) is 13.5. The molecule has 7 nitrogen and oxygen atoms in total. The number of hydrogen-bond donors (Lipinski definition) is 2. The summed E-state index contributed by atoms with van der Waals surface area (Å²) in [6.45, 7) is 1.87. The third-order valence-corrected chi connectivity index (χ3v) is 5.62. The number of nitrogens with zero attached hydrogens (tertiary/aromatic N) is 1. The molecule has 1 aliphatic rings. The summed E-state index contributed by atoms with van der Waals surface area (Å²) in [7, 11) is -3.60. The van der Waals surface area contributed by atoms with Gasteiger partial charge in [-0.1, -0.05) is 43.2 Å². The lowest BCUT2D eigenvalue weighted by atomic mass is 10.2. The Bertz CT molecular complexity index is 755. The molecule has 8 heteroatoms. The molecule has 2 amide bonds. The highest BCUT2D eigenvalue weighted by atomic mass is 32.2. The molecule has 0 bridgehead atoms. The molecule has 0 saturated carbocycles. The summed E-state index contributed by atoms with van der Waals surface area (Å²) < 4.78 is 26.2. The van der Waals surface area contributed by atoms with E-state index < -0.39 is 10.0 Å². The molecule has 1 saturated heterocycles. The lowest BCUT2D eigenvalue weighted by molar-refractivity contribution is -0.131. The van der Waals surface area contributed by atoms with Crippen LogP contribution in [0.1, 0.15) is 44.1 Å². The number of benzene rings is 1. The van der Waals surface area contributed by atoms with Crippen LogP contribution in [-0.4, -0.2) is 51.3 Å². The number of amides is 2. The van der Waals surface area contributed by atoms with Gasteiger partial charge in [-0.05, 0) is 24.5 Å². The van der Waals surface area contributed by atoms with Gasteiger partial charge in [-0.25, -0.2) is 13.1 Å². The van der Waals surface area contributed by atoms with Crippen LogP contribution in [0, 0.1) is 0 Å². The van der Waals surface area contributed by atoms with Gasteiger partial charge in [-0.2, -0.15) is 0 Å². The molecule has 1 heterocycles. The average Bonchev–Trinajstić information content (AvgIpc) is 2.97. The van der Waals surface area contributed by atoms with Gasteiger partial charge in [0, 0.05) is 44.4 Å². The van der Waals surface area contributed by atoms with Crippen molar-refractivity contribution in [3.05, 3.63) is 41.3 Å². The normalized spacial score (nSPS) is 15.4. The van der Waals surface area contributed by atoms with E-state index in [1.54, 1.807) is 12.1 Å². The second-order valence-electron chi connectivity index (χ2n) is 6.80. The topological polar surface area (TPSA) is 95.6 Å². The van der Waals surface area contributed by atoms with Gasteiger partial charge in [-0.3, -0.25) is 9.59 Å². The summed E-state index contributed by atoms with van der Waals surface area (Å²) in [5, 5.41) is 3.76. The Balaban J connectivity index is 1.62. The molecule has 1 fully saturated rings. The molecule has 2 N–H and O–H groups in total. The number of rotatable bonds is 9. The minimum absolute atomic E-state index is 0.00731. The molecule has 154 valence electrons. The maximum absolute atomic E-state index is 12.1. The van der Waals surface area contributed by atoms with E-state index in [2.05, 4.69) is 10.0 Å². The number of likely N-dealkylation sites (tertiary alicyclic amines) is 1. The molecule has 1 aliphatic heterocycles. The zero-order chi connectivity index (χ0) is 20.2. The Kier molecular flexibility index (Phi) is 9.16. The third kappa shape index (κ3) is 8.67. The molecule has 0 atom stereocenters. The van der Waals surface area contributed by atoms with Crippen molar-refractivity contribution in [1.82, 2.24) is 14.9 Å². The van der Waals surface area contributed by atoms with E-state index in [1.807, 2.05) is 23.1 Å². The van der Waals surface area contributed by atoms with E-state index in [9.17, 15) is 18.0 Å². The van der Waals surface area contributed by atoms with E-state index in [0.29, 0.717) is 0 Å². The third-order valence-electron chi connectivity index (χ3n) is 4.51. The molecular formula is C20H29N3O4S. The molecule has 1 aromatic rings. The molecule has 2 rings (SSSR count). The molecule has 0 unspecified atom stereocenters. The summed E-state index contributed by atoms with van der Waals surface area (Å²) in [4.78, 5) is 25.8. The fourth-order valence-electron chi connectivity index (χ4n) is 2.96. The highest BCUT2D eigenvalue weighted by molar-refractivity contribution is 7.92. The van der Waals surface area contributed by atoms with Crippen LogP contribution in [0.3, 0.4) is 0 Å². The Morgan fingerprint density at radius 3 is 2.32 bits per heavy atom. The number of hydrogen-bond acceptors (Lipinski definition) is 4. The zero-order valence-electron chi connectivity index (χ0n) is 16.1. The fourth-order valence-corrected chi connectivity index (χ4v) is 3.78. The Labute approximate surface area is 167 Å². The lowest BCUT2D eigenvalue weighted by Crippen LogP contribution is -2.36. The standard InChI is InChI=1S/C20H29N3O4S/c24-19(21-13-11-20(25)23-15-6-1-2-7-16-23)10-14-22-28(26,27)17-12-18-8-4-3-5-9-18/h3-5,8-9,12,17,22H,1-2,6-7,10-11,13-16H2,(H,21,24)/b17-12+. The Hall–Kier alpha value is -2.19. The second-order valence-corrected chi connectivity index (χ2v) is 8.45. The van der Waals surface area contributed by atoms with Gasteiger partial charge in [0.15, 0.2) is 0 Å². The number of carbonyl (C=O) groups is 2. The van der Waals surface area contributed by atoms with E-state index >= 15 is 0 Å². The van der Waals surface area contributed by atoms with Crippen molar-refractivity contribution in [2.24, 2.45) is 0 Å². The van der Waals surface area contributed by atoms with Crippen molar-refractivity contribution in [3.63, 3.8) is 0 Å².